The number of carboxylic acids is 1. The minimum atomic E-state index is -0.847. The molecular formula is C13H23N3O4. The zero-order chi connectivity index (χ0) is 15.3. The van der Waals surface area contributed by atoms with Crippen LogP contribution in [0.1, 0.15) is 33.6 Å². The molecule has 0 saturated carbocycles. The second-order valence-corrected chi connectivity index (χ2v) is 5.86. The summed E-state index contributed by atoms with van der Waals surface area (Å²) in [5, 5.41) is 14.0. The first-order valence-corrected chi connectivity index (χ1v) is 6.79. The standard InChI is InChI=1S/C13H23N3O4/c1-9(2)14-12(20)15-10(17)7-16-6-4-5-13(3,8-16)11(18)19/h9H,4-8H2,1-3H3,(H,18,19)(H2,14,15,17,20). The number of rotatable bonds is 4. The quantitative estimate of drug-likeness (QED) is 0.695. The van der Waals surface area contributed by atoms with Gasteiger partial charge in [0, 0.05) is 12.6 Å². The lowest BCUT2D eigenvalue weighted by Gasteiger charge is -2.37. The Morgan fingerprint density at radius 3 is 2.55 bits per heavy atom. The molecule has 1 aliphatic heterocycles. The van der Waals surface area contributed by atoms with Crippen LogP contribution in [0.5, 0.6) is 0 Å². The lowest BCUT2D eigenvalue weighted by Crippen LogP contribution is -2.51. The molecule has 3 N–H and O–H groups in total. The van der Waals surface area contributed by atoms with Crippen molar-refractivity contribution < 1.29 is 19.5 Å². The van der Waals surface area contributed by atoms with Gasteiger partial charge in [-0.05, 0) is 40.2 Å². The van der Waals surface area contributed by atoms with Gasteiger partial charge in [-0.3, -0.25) is 19.8 Å². The first kappa shape index (κ1) is 16.4. The third-order valence-electron chi connectivity index (χ3n) is 3.33. The van der Waals surface area contributed by atoms with Crippen molar-refractivity contribution in [2.75, 3.05) is 19.6 Å². The average molecular weight is 285 g/mol. The zero-order valence-electron chi connectivity index (χ0n) is 12.2. The topological polar surface area (TPSA) is 98.7 Å². The van der Waals surface area contributed by atoms with E-state index in [1.54, 1.807) is 25.7 Å². The van der Waals surface area contributed by atoms with Gasteiger partial charge in [0.05, 0.1) is 12.0 Å². The molecule has 1 fully saturated rings. The number of hydrogen-bond acceptors (Lipinski definition) is 4. The summed E-state index contributed by atoms with van der Waals surface area (Å²) in [7, 11) is 0. The Kier molecular flexibility index (Phi) is 5.50. The minimum Gasteiger partial charge on any atom is -0.481 e. The summed E-state index contributed by atoms with van der Waals surface area (Å²) < 4.78 is 0. The summed E-state index contributed by atoms with van der Waals surface area (Å²) >= 11 is 0. The molecule has 7 heteroatoms. The van der Waals surface area contributed by atoms with Gasteiger partial charge in [0.1, 0.15) is 0 Å². The minimum absolute atomic E-state index is 0.0361. The third kappa shape index (κ3) is 4.80. The first-order chi connectivity index (χ1) is 9.23. The Morgan fingerprint density at radius 1 is 1.35 bits per heavy atom. The molecule has 114 valence electrons. The second kappa shape index (κ2) is 6.69. The van der Waals surface area contributed by atoms with Crippen LogP contribution in [0.4, 0.5) is 4.79 Å². The first-order valence-electron chi connectivity index (χ1n) is 6.79. The van der Waals surface area contributed by atoms with Gasteiger partial charge in [0.25, 0.3) is 0 Å². The van der Waals surface area contributed by atoms with Gasteiger partial charge in [0.15, 0.2) is 0 Å². The fraction of sp³-hybridized carbons (Fsp3) is 0.769. The van der Waals surface area contributed by atoms with Crippen molar-refractivity contribution in [3.05, 3.63) is 0 Å². The highest BCUT2D eigenvalue weighted by Crippen LogP contribution is 2.29. The van der Waals surface area contributed by atoms with E-state index in [0.29, 0.717) is 19.5 Å². The maximum atomic E-state index is 11.7. The molecule has 1 saturated heterocycles. The number of likely N-dealkylation sites (tertiary alicyclic amines) is 1. The van der Waals surface area contributed by atoms with Crippen molar-refractivity contribution in [2.24, 2.45) is 5.41 Å². The Balaban J connectivity index is 2.46. The molecule has 1 aliphatic rings. The molecule has 0 radical (unpaired) electrons. The van der Waals surface area contributed by atoms with Crippen LogP contribution < -0.4 is 10.6 Å². The van der Waals surface area contributed by atoms with Crippen molar-refractivity contribution in [3.63, 3.8) is 0 Å². The summed E-state index contributed by atoms with van der Waals surface area (Å²) in [5.74, 6) is -1.27. The molecule has 1 rings (SSSR count). The third-order valence-corrected chi connectivity index (χ3v) is 3.33. The molecule has 20 heavy (non-hydrogen) atoms. The number of carbonyl (C=O) groups is 3. The van der Waals surface area contributed by atoms with E-state index in [2.05, 4.69) is 10.6 Å². The molecule has 0 aliphatic carbocycles. The van der Waals surface area contributed by atoms with Crippen molar-refractivity contribution in [3.8, 4) is 0 Å². The van der Waals surface area contributed by atoms with Crippen LogP contribution in [0.3, 0.4) is 0 Å². The number of hydrogen-bond donors (Lipinski definition) is 3. The highest BCUT2D eigenvalue weighted by atomic mass is 16.4. The molecule has 1 atom stereocenters. The summed E-state index contributed by atoms with van der Waals surface area (Å²) in [6, 6.07) is -0.573. The molecule has 0 aromatic carbocycles. The van der Waals surface area contributed by atoms with Crippen LogP contribution >= 0.6 is 0 Å². The van der Waals surface area contributed by atoms with Crippen LogP contribution in [0.15, 0.2) is 0 Å². The molecule has 0 spiro atoms. The predicted molar refractivity (Wildman–Crippen MR) is 73.2 cm³/mol. The smallest absolute Gasteiger partial charge is 0.321 e. The number of carboxylic acid groups (broad SMARTS) is 1. The van der Waals surface area contributed by atoms with E-state index in [1.165, 1.54) is 0 Å². The van der Waals surface area contributed by atoms with Crippen molar-refractivity contribution in [2.45, 2.75) is 39.7 Å². The molecule has 0 aromatic rings. The van der Waals surface area contributed by atoms with E-state index in [1.807, 2.05) is 0 Å². The van der Waals surface area contributed by atoms with E-state index in [0.717, 1.165) is 6.42 Å². The molecule has 3 amide bonds. The monoisotopic (exact) mass is 285 g/mol. The molecule has 0 aromatic heterocycles. The number of aliphatic carboxylic acids is 1. The van der Waals surface area contributed by atoms with Gasteiger partial charge in [0.2, 0.25) is 5.91 Å². The van der Waals surface area contributed by atoms with Gasteiger partial charge in [-0.25, -0.2) is 4.79 Å². The van der Waals surface area contributed by atoms with E-state index in [9.17, 15) is 19.5 Å². The summed E-state index contributed by atoms with van der Waals surface area (Å²) in [6.45, 7) is 6.31. The number of carbonyl (C=O) groups excluding carboxylic acids is 2. The van der Waals surface area contributed by atoms with Gasteiger partial charge >= 0.3 is 12.0 Å². The summed E-state index contributed by atoms with van der Waals surface area (Å²) in [6.07, 6.45) is 1.34. The summed E-state index contributed by atoms with van der Waals surface area (Å²) in [4.78, 5) is 36.1. The van der Waals surface area contributed by atoms with Crippen LogP contribution in [-0.4, -0.2) is 53.6 Å². The molecule has 1 unspecified atom stereocenters. The molecule has 1 heterocycles. The fourth-order valence-electron chi connectivity index (χ4n) is 2.32. The van der Waals surface area contributed by atoms with Gasteiger partial charge in [-0.1, -0.05) is 0 Å². The number of imide groups is 1. The highest BCUT2D eigenvalue weighted by molar-refractivity contribution is 5.95. The van der Waals surface area contributed by atoms with Crippen molar-refractivity contribution in [1.29, 1.82) is 0 Å². The van der Waals surface area contributed by atoms with Crippen LogP contribution in [-0.2, 0) is 9.59 Å². The van der Waals surface area contributed by atoms with Crippen LogP contribution in [0.2, 0.25) is 0 Å². The molecular weight excluding hydrogens is 262 g/mol. The number of piperidine rings is 1. The van der Waals surface area contributed by atoms with Gasteiger partial charge in [-0.15, -0.1) is 0 Å². The van der Waals surface area contributed by atoms with Crippen LogP contribution in [0, 0.1) is 5.41 Å². The predicted octanol–water partition coefficient (Wildman–Crippen LogP) is 0.407. The Morgan fingerprint density at radius 2 is 2.00 bits per heavy atom. The second-order valence-electron chi connectivity index (χ2n) is 5.86. The number of urea groups is 1. The van der Waals surface area contributed by atoms with Crippen molar-refractivity contribution in [1.82, 2.24) is 15.5 Å². The maximum absolute atomic E-state index is 11.7. The average Bonchev–Trinajstić information content (AvgIpc) is 2.26. The van der Waals surface area contributed by atoms with E-state index in [-0.39, 0.29) is 12.6 Å². The summed E-state index contributed by atoms with van der Waals surface area (Å²) in [5.41, 5.74) is -0.821. The number of amides is 3. The van der Waals surface area contributed by atoms with Gasteiger partial charge < -0.3 is 10.4 Å². The Hall–Kier alpha value is -1.63. The SMILES string of the molecule is CC(C)NC(=O)NC(=O)CN1CCCC(C)(C(=O)O)C1. The Labute approximate surface area is 118 Å². The van der Waals surface area contributed by atoms with E-state index >= 15 is 0 Å². The molecule has 7 nitrogen and oxygen atoms in total. The fourth-order valence-corrected chi connectivity index (χ4v) is 2.32. The van der Waals surface area contributed by atoms with Crippen molar-refractivity contribution >= 4 is 17.9 Å². The van der Waals surface area contributed by atoms with Crippen LogP contribution in [0.25, 0.3) is 0 Å². The van der Waals surface area contributed by atoms with E-state index in [4.69, 9.17) is 0 Å². The highest BCUT2D eigenvalue weighted by Gasteiger charge is 2.38. The lowest BCUT2D eigenvalue weighted by atomic mass is 9.82. The van der Waals surface area contributed by atoms with E-state index < -0.39 is 23.3 Å². The number of nitrogens with zero attached hydrogens (tertiary/aromatic N) is 1. The normalized spacial score (nSPS) is 23.4. The Bertz CT molecular complexity index is 397. The largest absolute Gasteiger partial charge is 0.481 e. The lowest BCUT2D eigenvalue weighted by molar-refractivity contribution is -0.151. The molecule has 0 bridgehead atoms. The maximum Gasteiger partial charge on any atom is 0.321 e. The van der Waals surface area contributed by atoms with Gasteiger partial charge in [-0.2, -0.15) is 0 Å². The zero-order valence-corrected chi connectivity index (χ0v) is 12.2. The number of nitrogens with one attached hydrogen (secondary N) is 2.